The summed E-state index contributed by atoms with van der Waals surface area (Å²) >= 11 is 0. The Labute approximate surface area is 98.6 Å². The highest BCUT2D eigenvalue weighted by Gasteiger charge is 2.03. The van der Waals surface area contributed by atoms with Crippen LogP contribution in [0.2, 0.25) is 0 Å². The predicted octanol–water partition coefficient (Wildman–Crippen LogP) is 1.40. The first kappa shape index (κ1) is 11.3. The van der Waals surface area contributed by atoms with Gasteiger partial charge in [0.05, 0.1) is 5.69 Å². The van der Waals surface area contributed by atoms with Gasteiger partial charge in [0.25, 0.3) is 0 Å². The van der Waals surface area contributed by atoms with Gasteiger partial charge in [-0.1, -0.05) is 13.0 Å². The van der Waals surface area contributed by atoms with Crippen LogP contribution in [0.25, 0.3) is 5.69 Å². The molecule has 1 aromatic carbocycles. The monoisotopic (exact) mass is 231 g/mol. The maximum Gasteiger partial charge on any atom is 0.224 e. The molecule has 0 radical (unpaired) electrons. The van der Waals surface area contributed by atoms with Crippen LogP contribution in [-0.4, -0.2) is 26.1 Å². The predicted molar refractivity (Wildman–Crippen MR) is 62.7 cm³/mol. The topological polar surface area (TPSA) is 72.7 Å². The van der Waals surface area contributed by atoms with Crippen molar-refractivity contribution in [1.29, 1.82) is 0 Å². The molecule has 2 aromatic rings. The van der Waals surface area contributed by atoms with Crippen LogP contribution in [-0.2, 0) is 4.79 Å². The highest BCUT2D eigenvalue weighted by molar-refractivity contribution is 5.90. The number of carbonyl (C=O) groups is 1. The highest BCUT2D eigenvalue weighted by Crippen LogP contribution is 2.13. The number of benzene rings is 1. The fourth-order valence-corrected chi connectivity index (χ4v) is 1.46. The van der Waals surface area contributed by atoms with E-state index in [0.717, 1.165) is 17.8 Å². The molecule has 0 aliphatic carbocycles. The van der Waals surface area contributed by atoms with Crippen LogP contribution in [0.4, 0.5) is 5.69 Å². The molecule has 6 heteroatoms. The molecular formula is C11H13N5O. The molecule has 0 unspecified atom stereocenters. The first-order chi connectivity index (χ1) is 8.29. The summed E-state index contributed by atoms with van der Waals surface area (Å²) in [6, 6.07) is 7.37. The summed E-state index contributed by atoms with van der Waals surface area (Å²) in [5.41, 5.74) is 1.56. The van der Waals surface area contributed by atoms with E-state index in [9.17, 15) is 4.79 Å². The minimum atomic E-state index is 0.0152. The fraction of sp³-hybridized carbons (Fsp3) is 0.273. The summed E-state index contributed by atoms with van der Waals surface area (Å²) < 4.78 is 1.54. The lowest BCUT2D eigenvalue weighted by Crippen LogP contribution is -2.10. The first-order valence-corrected chi connectivity index (χ1v) is 5.43. The number of nitrogens with zero attached hydrogens (tertiary/aromatic N) is 4. The van der Waals surface area contributed by atoms with Gasteiger partial charge in [0.2, 0.25) is 5.91 Å². The van der Waals surface area contributed by atoms with E-state index >= 15 is 0 Å². The molecule has 88 valence electrons. The normalized spacial score (nSPS) is 10.2. The number of amides is 1. The summed E-state index contributed by atoms with van der Waals surface area (Å²) in [5, 5.41) is 13.7. The molecule has 0 bridgehead atoms. The molecule has 0 spiro atoms. The Morgan fingerprint density at radius 1 is 1.47 bits per heavy atom. The van der Waals surface area contributed by atoms with Crippen molar-refractivity contribution in [3.8, 4) is 5.69 Å². The number of carbonyl (C=O) groups excluding carboxylic acids is 1. The van der Waals surface area contributed by atoms with Gasteiger partial charge in [0.1, 0.15) is 6.33 Å². The Morgan fingerprint density at radius 2 is 2.35 bits per heavy atom. The smallest absolute Gasteiger partial charge is 0.224 e. The summed E-state index contributed by atoms with van der Waals surface area (Å²) in [7, 11) is 0. The third-order valence-electron chi connectivity index (χ3n) is 2.22. The van der Waals surface area contributed by atoms with Crippen LogP contribution in [0.1, 0.15) is 19.8 Å². The number of hydrogen-bond donors (Lipinski definition) is 1. The van der Waals surface area contributed by atoms with E-state index in [2.05, 4.69) is 20.8 Å². The lowest BCUT2D eigenvalue weighted by atomic mass is 10.2. The van der Waals surface area contributed by atoms with Crippen molar-refractivity contribution in [3.05, 3.63) is 30.6 Å². The quantitative estimate of drug-likeness (QED) is 0.863. The lowest BCUT2D eigenvalue weighted by molar-refractivity contribution is -0.116. The second kappa shape index (κ2) is 5.20. The Morgan fingerprint density at radius 3 is 3.06 bits per heavy atom. The molecule has 0 aliphatic heterocycles. The molecule has 6 nitrogen and oxygen atoms in total. The molecular weight excluding hydrogens is 218 g/mol. The van der Waals surface area contributed by atoms with Crippen molar-refractivity contribution in [2.45, 2.75) is 19.8 Å². The number of rotatable bonds is 4. The van der Waals surface area contributed by atoms with Gasteiger partial charge in [-0.3, -0.25) is 4.79 Å². The summed E-state index contributed by atoms with van der Waals surface area (Å²) in [6.45, 7) is 1.97. The Balaban J connectivity index is 2.15. The van der Waals surface area contributed by atoms with Gasteiger partial charge in [-0.2, -0.15) is 0 Å². The van der Waals surface area contributed by atoms with Gasteiger partial charge in [-0.25, -0.2) is 4.68 Å². The number of hydrogen-bond acceptors (Lipinski definition) is 4. The second-order valence-electron chi connectivity index (χ2n) is 3.60. The third kappa shape index (κ3) is 2.87. The first-order valence-electron chi connectivity index (χ1n) is 5.43. The van der Waals surface area contributed by atoms with Gasteiger partial charge in [-0.05, 0) is 35.0 Å². The molecule has 1 heterocycles. The van der Waals surface area contributed by atoms with Crippen molar-refractivity contribution in [3.63, 3.8) is 0 Å². The van der Waals surface area contributed by atoms with Crippen LogP contribution >= 0.6 is 0 Å². The largest absolute Gasteiger partial charge is 0.326 e. The van der Waals surface area contributed by atoms with E-state index in [4.69, 9.17) is 0 Å². The van der Waals surface area contributed by atoms with Crippen LogP contribution in [0.3, 0.4) is 0 Å². The standard InChI is InChI=1S/C11H13N5O/c1-2-4-11(17)13-9-5-3-6-10(7-9)16-8-12-14-15-16/h3,5-8H,2,4H2,1H3,(H,13,17). The number of tetrazole rings is 1. The van der Waals surface area contributed by atoms with Crippen molar-refractivity contribution in [1.82, 2.24) is 20.2 Å². The van der Waals surface area contributed by atoms with Gasteiger partial charge >= 0.3 is 0 Å². The number of nitrogens with one attached hydrogen (secondary N) is 1. The Bertz CT molecular complexity index is 494. The summed E-state index contributed by atoms with van der Waals surface area (Å²) in [5.74, 6) is 0.0152. The molecule has 0 atom stereocenters. The fourth-order valence-electron chi connectivity index (χ4n) is 1.46. The summed E-state index contributed by atoms with van der Waals surface area (Å²) in [4.78, 5) is 11.5. The molecule has 2 rings (SSSR count). The van der Waals surface area contributed by atoms with Crippen LogP contribution < -0.4 is 5.32 Å². The molecule has 0 fully saturated rings. The van der Waals surface area contributed by atoms with E-state index in [1.165, 1.54) is 11.0 Å². The SMILES string of the molecule is CCCC(=O)Nc1cccc(-n2cnnn2)c1. The maximum atomic E-state index is 11.5. The van der Waals surface area contributed by atoms with Crippen molar-refractivity contribution < 1.29 is 4.79 Å². The summed E-state index contributed by atoms with van der Waals surface area (Å²) in [6.07, 6.45) is 2.86. The highest BCUT2D eigenvalue weighted by atomic mass is 16.1. The molecule has 0 aliphatic rings. The zero-order valence-corrected chi connectivity index (χ0v) is 9.50. The van der Waals surface area contributed by atoms with Crippen molar-refractivity contribution in [2.75, 3.05) is 5.32 Å². The minimum Gasteiger partial charge on any atom is -0.326 e. The third-order valence-corrected chi connectivity index (χ3v) is 2.22. The van der Waals surface area contributed by atoms with E-state index < -0.39 is 0 Å². The zero-order valence-electron chi connectivity index (χ0n) is 9.50. The van der Waals surface area contributed by atoms with Gasteiger partial charge in [-0.15, -0.1) is 5.10 Å². The van der Waals surface area contributed by atoms with Gasteiger partial charge < -0.3 is 5.32 Å². The van der Waals surface area contributed by atoms with Gasteiger partial charge in [0, 0.05) is 12.1 Å². The molecule has 1 N–H and O–H groups in total. The molecule has 17 heavy (non-hydrogen) atoms. The van der Waals surface area contributed by atoms with Crippen molar-refractivity contribution >= 4 is 11.6 Å². The number of anilines is 1. The van der Waals surface area contributed by atoms with Crippen LogP contribution in [0.5, 0.6) is 0 Å². The van der Waals surface area contributed by atoms with Crippen LogP contribution in [0, 0.1) is 0 Å². The average molecular weight is 231 g/mol. The average Bonchev–Trinajstić information content (AvgIpc) is 2.83. The minimum absolute atomic E-state index is 0.0152. The van der Waals surface area contributed by atoms with Crippen LogP contribution in [0.15, 0.2) is 30.6 Å². The molecule has 0 saturated heterocycles. The van der Waals surface area contributed by atoms with E-state index in [1.54, 1.807) is 0 Å². The molecule has 1 aromatic heterocycles. The van der Waals surface area contributed by atoms with E-state index in [0.29, 0.717) is 6.42 Å². The zero-order chi connectivity index (χ0) is 12.1. The maximum absolute atomic E-state index is 11.5. The molecule has 1 amide bonds. The van der Waals surface area contributed by atoms with E-state index in [-0.39, 0.29) is 5.91 Å². The van der Waals surface area contributed by atoms with Crippen molar-refractivity contribution in [2.24, 2.45) is 0 Å². The number of aromatic nitrogens is 4. The molecule has 0 saturated carbocycles. The lowest BCUT2D eigenvalue weighted by Gasteiger charge is -2.06. The van der Waals surface area contributed by atoms with E-state index in [1.807, 2.05) is 31.2 Å². The second-order valence-corrected chi connectivity index (χ2v) is 3.60. The Hall–Kier alpha value is -2.24. The Kier molecular flexibility index (Phi) is 3.44. The van der Waals surface area contributed by atoms with Gasteiger partial charge in [0.15, 0.2) is 0 Å².